The Balaban J connectivity index is 2.70. The summed E-state index contributed by atoms with van der Waals surface area (Å²) in [6.07, 6.45) is 0. The van der Waals surface area contributed by atoms with Gasteiger partial charge in [-0.05, 0) is 29.5 Å². The average molecular weight is 274 g/mol. The molecule has 1 aromatic carbocycles. The predicted octanol–water partition coefficient (Wildman–Crippen LogP) is 2.67. The van der Waals surface area contributed by atoms with Gasteiger partial charge >= 0.3 is 5.97 Å². The molecule has 20 heavy (non-hydrogen) atoms. The third-order valence-electron chi connectivity index (χ3n) is 3.36. The standard InChI is InChI=1S/C15H18N2O3/c1-8-5-6-9(15(2,3)4)7-10(8)12-11(14(19)20)13(18)17-16-12/h5-7H,1-4H3,(H,19,20)(H2,16,17,18). The summed E-state index contributed by atoms with van der Waals surface area (Å²) in [7, 11) is 0. The summed E-state index contributed by atoms with van der Waals surface area (Å²) in [6, 6.07) is 5.89. The van der Waals surface area contributed by atoms with Crippen LogP contribution in [0.2, 0.25) is 0 Å². The van der Waals surface area contributed by atoms with Gasteiger partial charge in [-0.25, -0.2) is 4.79 Å². The number of carboxylic acid groups (broad SMARTS) is 1. The highest BCUT2D eigenvalue weighted by atomic mass is 16.4. The van der Waals surface area contributed by atoms with Gasteiger partial charge in [0, 0.05) is 5.56 Å². The summed E-state index contributed by atoms with van der Waals surface area (Å²) < 4.78 is 0. The van der Waals surface area contributed by atoms with Crippen LogP contribution in [0.25, 0.3) is 11.3 Å². The zero-order valence-electron chi connectivity index (χ0n) is 12.0. The number of hydrogen-bond acceptors (Lipinski definition) is 2. The number of aromatic carboxylic acids is 1. The van der Waals surface area contributed by atoms with Crippen LogP contribution in [0.1, 0.15) is 42.3 Å². The van der Waals surface area contributed by atoms with Gasteiger partial charge in [0.15, 0.2) is 5.56 Å². The maximum atomic E-state index is 11.6. The van der Waals surface area contributed by atoms with Crippen molar-refractivity contribution in [3.05, 3.63) is 45.2 Å². The Morgan fingerprint density at radius 3 is 2.40 bits per heavy atom. The molecule has 0 unspecified atom stereocenters. The average Bonchev–Trinajstić information content (AvgIpc) is 2.70. The normalized spacial score (nSPS) is 11.6. The first-order valence-electron chi connectivity index (χ1n) is 6.37. The Kier molecular flexibility index (Phi) is 3.29. The highest BCUT2D eigenvalue weighted by Gasteiger charge is 2.21. The van der Waals surface area contributed by atoms with Crippen molar-refractivity contribution >= 4 is 5.97 Å². The smallest absolute Gasteiger partial charge is 0.343 e. The summed E-state index contributed by atoms with van der Waals surface area (Å²) in [5.41, 5.74) is 2.13. The number of aryl methyl sites for hydroxylation is 1. The maximum absolute atomic E-state index is 11.6. The molecule has 106 valence electrons. The molecule has 0 fully saturated rings. The lowest BCUT2D eigenvalue weighted by Gasteiger charge is -2.20. The van der Waals surface area contributed by atoms with Crippen LogP contribution in [0, 0.1) is 6.92 Å². The molecule has 1 heterocycles. The molecule has 0 atom stereocenters. The number of hydrogen-bond donors (Lipinski definition) is 3. The second kappa shape index (κ2) is 4.67. The fraction of sp³-hybridized carbons (Fsp3) is 0.333. The van der Waals surface area contributed by atoms with Crippen molar-refractivity contribution in [1.29, 1.82) is 0 Å². The highest BCUT2D eigenvalue weighted by molar-refractivity contribution is 5.94. The molecular weight excluding hydrogens is 256 g/mol. The van der Waals surface area contributed by atoms with Crippen LogP contribution in [0.5, 0.6) is 0 Å². The van der Waals surface area contributed by atoms with E-state index in [1.165, 1.54) is 0 Å². The summed E-state index contributed by atoms with van der Waals surface area (Å²) in [5, 5.41) is 14.2. The lowest BCUT2D eigenvalue weighted by Crippen LogP contribution is -2.13. The minimum atomic E-state index is -1.23. The van der Waals surface area contributed by atoms with Gasteiger partial charge in [0.1, 0.15) is 0 Å². The quantitative estimate of drug-likeness (QED) is 0.787. The largest absolute Gasteiger partial charge is 0.477 e. The molecule has 0 aliphatic heterocycles. The maximum Gasteiger partial charge on any atom is 0.343 e. The molecule has 1 aromatic heterocycles. The fourth-order valence-electron chi connectivity index (χ4n) is 2.12. The third kappa shape index (κ3) is 2.39. The van der Waals surface area contributed by atoms with Gasteiger partial charge in [0.05, 0.1) is 5.69 Å². The minimum Gasteiger partial charge on any atom is -0.477 e. The van der Waals surface area contributed by atoms with Crippen molar-refractivity contribution in [1.82, 2.24) is 10.2 Å². The third-order valence-corrected chi connectivity index (χ3v) is 3.36. The number of nitrogens with one attached hydrogen (secondary N) is 2. The van der Waals surface area contributed by atoms with Crippen LogP contribution in [0.4, 0.5) is 0 Å². The number of carboxylic acids is 1. The van der Waals surface area contributed by atoms with E-state index < -0.39 is 11.5 Å². The van der Waals surface area contributed by atoms with Crippen LogP contribution in [0.3, 0.4) is 0 Å². The van der Waals surface area contributed by atoms with Gasteiger partial charge < -0.3 is 5.11 Å². The number of aromatic amines is 2. The van der Waals surface area contributed by atoms with Crippen LogP contribution in [-0.4, -0.2) is 21.3 Å². The zero-order valence-corrected chi connectivity index (χ0v) is 12.0. The van der Waals surface area contributed by atoms with Crippen LogP contribution in [0.15, 0.2) is 23.0 Å². The van der Waals surface area contributed by atoms with Crippen LogP contribution < -0.4 is 5.56 Å². The van der Waals surface area contributed by atoms with E-state index in [0.29, 0.717) is 5.69 Å². The van der Waals surface area contributed by atoms with E-state index in [9.17, 15) is 14.7 Å². The van der Waals surface area contributed by atoms with Gasteiger partial charge in [-0.1, -0.05) is 32.9 Å². The Morgan fingerprint density at radius 1 is 1.20 bits per heavy atom. The lowest BCUT2D eigenvalue weighted by atomic mass is 9.84. The molecule has 0 aliphatic rings. The molecule has 5 heteroatoms. The Hall–Kier alpha value is -2.30. The Bertz CT molecular complexity index is 717. The molecule has 0 saturated carbocycles. The first-order valence-corrected chi connectivity index (χ1v) is 6.37. The Morgan fingerprint density at radius 2 is 1.85 bits per heavy atom. The van der Waals surface area contributed by atoms with E-state index in [0.717, 1.165) is 16.7 Å². The van der Waals surface area contributed by atoms with E-state index in [-0.39, 0.29) is 11.0 Å². The molecular formula is C15H18N2O3. The number of H-pyrrole nitrogens is 2. The van der Waals surface area contributed by atoms with E-state index in [1.54, 1.807) is 0 Å². The number of aromatic nitrogens is 2. The number of benzene rings is 1. The molecule has 0 spiro atoms. The van der Waals surface area contributed by atoms with Crippen molar-refractivity contribution in [2.45, 2.75) is 33.1 Å². The van der Waals surface area contributed by atoms with Gasteiger partial charge in [-0.15, -0.1) is 0 Å². The number of rotatable bonds is 2. The molecule has 3 N–H and O–H groups in total. The fourth-order valence-corrected chi connectivity index (χ4v) is 2.12. The topological polar surface area (TPSA) is 86.0 Å². The van der Waals surface area contributed by atoms with Crippen molar-refractivity contribution in [2.24, 2.45) is 0 Å². The number of carbonyl (C=O) groups is 1. The van der Waals surface area contributed by atoms with E-state index in [1.807, 2.05) is 25.1 Å². The first kappa shape index (κ1) is 14.1. The summed E-state index contributed by atoms with van der Waals surface area (Å²) in [4.78, 5) is 22.8. The van der Waals surface area contributed by atoms with E-state index in [2.05, 4.69) is 31.0 Å². The zero-order chi connectivity index (χ0) is 15.1. The predicted molar refractivity (Wildman–Crippen MR) is 77.2 cm³/mol. The minimum absolute atomic E-state index is 0.0531. The molecule has 2 rings (SSSR count). The summed E-state index contributed by atoms with van der Waals surface area (Å²) >= 11 is 0. The molecule has 0 aliphatic carbocycles. The van der Waals surface area contributed by atoms with Crippen LogP contribution in [-0.2, 0) is 5.41 Å². The highest BCUT2D eigenvalue weighted by Crippen LogP contribution is 2.30. The Labute approximate surface area is 116 Å². The monoisotopic (exact) mass is 274 g/mol. The summed E-state index contributed by atoms with van der Waals surface area (Å²) in [5.74, 6) is -1.23. The van der Waals surface area contributed by atoms with Gasteiger partial charge in [-0.2, -0.15) is 0 Å². The van der Waals surface area contributed by atoms with Crippen molar-refractivity contribution in [2.75, 3.05) is 0 Å². The second-order valence-corrected chi connectivity index (χ2v) is 5.91. The van der Waals surface area contributed by atoms with Crippen molar-refractivity contribution in [3.63, 3.8) is 0 Å². The molecule has 2 aromatic rings. The molecule has 0 radical (unpaired) electrons. The second-order valence-electron chi connectivity index (χ2n) is 5.91. The van der Waals surface area contributed by atoms with Gasteiger partial charge in [0.25, 0.3) is 5.56 Å². The van der Waals surface area contributed by atoms with Crippen LogP contribution >= 0.6 is 0 Å². The first-order chi connectivity index (χ1) is 9.21. The molecule has 0 saturated heterocycles. The lowest BCUT2D eigenvalue weighted by molar-refractivity contribution is 0.0696. The molecule has 0 amide bonds. The van der Waals surface area contributed by atoms with Gasteiger partial charge in [-0.3, -0.25) is 15.0 Å². The van der Waals surface area contributed by atoms with Gasteiger partial charge in [0.2, 0.25) is 0 Å². The van der Waals surface area contributed by atoms with E-state index >= 15 is 0 Å². The van der Waals surface area contributed by atoms with Crippen molar-refractivity contribution < 1.29 is 9.90 Å². The molecule has 5 nitrogen and oxygen atoms in total. The SMILES string of the molecule is Cc1ccc(C(C)(C)C)cc1-c1[nH][nH]c(=O)c1C(=O)O. The van der Waals surface area contributed by atoms with E-state index in [4.69, 9.17) is 0 Å². The molecule has 0 bridgehead atoms. The summed E-state index contributed by atoms with van der Waals surface area (Å²) in [6.45, 7) is 8.14. The van der Waals surface area contributed by atoms with Crippen molar-refractivity contribution in [3.8, 4) is 11.3 Å².